The quantitative estimate of drug-likeness (QED) is 0.605. The minimum absolute atomic E-state index is 0.0570. The highest BCUT2D eigenvalue weighted by Gasteiger charge is 2.30. The molecule has 5 nitrogen and oxygen atoms in total. The summed E-state index contributed by atoms with van der Waals surface area (Å²) in [4.78, 5) is 12.6. The topological polar surface area (TPSA) is 62.4 Å². The minimum atomic E-state index is -0.326. The fraction of sp³-hybridized carbons (Fsp3) is 0.409. The number of carbonyl (C=O) groups is 1. The standard InChI is InChI=1S/C22H28FN3O2/c1-3-4-13-28-19-11-7-17(8-12-19)20-14-21(26-25-20)22(27)24-15(2)16-5-9-18(23)10-6-16/h5-12,15,20-21,25-26H,3-4,13-14H2,1-2H3,(H,24,27). The number of rotatable bonds is 8. The second kappa shape index (κ2) is 9.66. The number of amides is 1. The van der Waals surface area contributed by atoms with E-state index >= 15 is 0 Å². The Balaban J connectivity index is 1.51. The molecule has 3 unspecified atom stereocenters. The molecule has 2 aromatic rings. The number of ether oxygens (including phenoxy) is 1. The van der Waals surface area contributed by atoms with Crippen LogP contribution >= 0.6 is 0 Å². The Morgan fingerprint density at radius 2 is 1.89 bits per heavy atom. The van der Waals surface area contributed by atoms with Gasteiger partial charge in [-0.15, -0.1) is 0 Å². The molecular weight excluding hydrogens is 357 g/mol. The average Bonchev–Trinajstić information content (AvgIpc) is 3.19. The minimum Gasteiger partial charge on any atom is -0.494 e. The number of halogens is 1. The summed E-state index contributed by atoms with van der Waals surface area (Å²) in [7, 11) is 0. The Morgan fingerprint density at radius 1 is 1.18 bits per heavy atom. The third-order valence-corrected chi connectivity index (χ3v) is 5.00. The summed E-state index contributed by atoms with van der Waals surface area (Å²) in [5.74, 6) is 0.505. The van der Waals surface area contributed by atoms with Crippen LogP contribution < -0.4 is 20.9 Å². The number of benzene rings is 2. The molecule has 28 heavy (non-hydrogen) atoms. The van der Waals surface area contributed by atoms with E-state index in [9.17, 15) is 9.18 Å². The van der Waals surface area contributed by atoms with Gasteiger partial charge in [-0.25, -0.2) is 15.2 Å². The lowest BCUT2D eigenvalue weighted by molar-refractivity contribution is -0.123. The van der Waals surface area contributed by atoms with Crippen LogP contribution in [0.1, 0.15) is 56.3 Å². The zero-order valence-electron chi connectivity index (χ0n) is 16.4. The van der Waals surface area contributed by atoms with Crippen LogP contribution in [0.3, 0.4) is 0 Å². The maximum Gasteiger partial charge on any atom is 0.239 e. The number of hydrogen-bond donors (Lipinski definition) is 3. The SMILES string of the molecule is CCCCOc1ccc(C2CC(C(=O)NC(C)c3ccc(F)cc3)NN2)cc1. The van der Waals surface area contributed by atoms with Crippen LogP contribution in [0.4, 0.5) is 4.39 Å². The van der Waals surface area contributed by atoms with E-state index in [1.807, 2.05) is 31.2 Å². The van der Waals surface area contributed by atoms with Crippen molar-refractivity contribution in [2.24, 2.45) is 0 Å². The zero-order chi connectivity index (χ0) is 19.9. The molecule has 150 valence electrons. The van der Waals surface area contributed by atoms with E-state index in [4.69, 9.17) is 4.74 Å². The predicted molar refractivity (Wildman–Crippen MR) is 107 cm³/mol. The number of nitrogens with one attached hydrogen (secondary N) is 3. The zero-order valence-corrected chi connectivity index (χ0v) is 16.4. The highest BCUT2D eigenvalue weighted by molar-refractivity contribution is 5.82. The van der Waals surface area contributed by atoms with Gasteiger partial charge in [0.2, 0.25) is 5.91 Å². The summed E-state index contributed by atoms with van der Waals surface area (Å²) in [6.07, 6.45) is 2.81. The van der Waals surface area contributed by atoms with Crippen molar-refractivity contribution in [1.29, 1.82) is 0 Å². The van der Waals surface area contributed by atoms with E-state index in [0.717, 1.165) is 36.3 Å². The Bertz CT molecular complexity index is 764. The summed E-state index contributed by atoms with van der Waals surface area (Å²) < 4.78 is 18.7. The molecule has 2 aromatic carbocycles. The fourth-order valence-electron chi connectivity index (χ4n) is 3.23. The Kier molecular flexibility index (Phi) is 7.01. The molecule has 0 bridgehead atoms. The summed E-state index contributed by atoms with van der Waals surface area (Å²) in [5, 5.41) is 2.98. The van der Waals surface area contributed by atoms with Crippen LogP contribution in [0.15, 0.2) is 48.5 Å². The van der Waals surface area contributed by atoms with Gasteiger partial charge in [0.15, 0.2) is 0 Å². The second-order valence-electron chi connectivity index (χ2n) is 7.18. The second-order valence-corrected chi connectivity index (χ2v) is 7.18. The van der Waals surface area contributed by atoms with Crippen molar-refractivity contribution < 1.29 is 13.9 Å². The monoisotopic (exact) mass is 385 g/mol. The molecule has 0 spiro atoms. The van der Waals surface area contributed by atoms with Crippen molar-refractivity contribution in [3.63, 3.8) is 0 Å². The van der Waals surface area contributed by atoms with Gasteiger partial charge < -0.3 is 10.1 Å². The van der Waals surface area contributed by atoms with Gasteiger partial charge in [-0.2, -0.15) is 0 Å². The molecule has 0 saturated carbocycles. The molecule has 1 amide bonds. The van der Waals surface area contributed by atoms with E-state index in [2.05, 4.69) is 23.1 Å². The van der Waals surface area contributed by atoms with E-state index in [0.29, 0.717) is 6.42 Å². The number of unbranched alkanes of at least 4 members (excludes halogenated alkanes) is 1. The normalized spacial score (nSPS) is 20.0. The average molecular weight is 385 g/mol. The van der Waals surface area contributed by atoms with Crippen molar-refractivity contribution in [2.45, 2.75) is 51.2 Å². The maximum absolute atomic E-state index is 13.1. The van der Waals surface area contributed by atoms with Gasteiger partial charge in [0, 0.05) is 6.04 Å². The van der Waals surface area contributed by atoms with Gasteiger partial charge in [-0.3, -0.25) is 4.79 Å². The molecule has 3 N–H and O–H groups in total. The van der Waals surface area contributed by atoms with E-state index < -0.39 is 0 Å². The third kappa shape index (κ3) is 5.30. The van der Waals surface area contributed by atoms with E-state index in [1.54, 1.807) is 12.1 Å². The van der Waals surface area contributed by atoms with Crippen molar-refractivity contribution in [3.8, 4) is 5.75 Å². The first-order chi connectivity index (χ1) is 13.6. The molecule has 0 aliphatic carbocycles. The van der Waals surface area contributed by atoms with Gasteiger partial charge in [-0.1, -0.05) is 37.6 Å². The van der Waals surface area contributed by atoms with Crippen molar-refractivity contribution in [2.75, 3.05) is 6.61 Å². The predicted octanol–water partition coefficient (Wildman–Crippen LogP) is 3.79. The first-order valence-electron chi connectivity index (χ1n) is 9.86. The van der Waals surface area contributed by atoms with Crippen molar-refractivity contribution in [3.05, 3.63) is 65.5 Å². The van der Waals surface area contributed by atoms with E-state index in [-0.39, 0.29) is 29.8 Å². The summed E-state index contributed by atoms with van der Waals surface area (Å²) in [6.45, 7) is 4.76. The van der Waals surface area contributed by atoms with Gasteiger partial charge in [-0.05, 0) is 55.2 Å². The van der Waals surface area contributed by atoms with Gasteiger partial charge in [0.25, 0.3) is 0 Å². The van der Waals surface area contributed by atoms with Gasteiger partial charge in [0.05, 0.1) is 12.6 Å². The summed E-state index contributed by atoms with van der Waals surface area (Å²) in [5.41, 5.74) is 8.25. The lowest BCUT2D eigenvalue weighted by Crippen LogP contribution is -2.43. The molecule has 3 atom stereocenters. The molecule has 1 saturated heterocycles. The largest absolute Gasteiger partial charge is 0.494 e. The molecule has 6 heteroatoms. The molecule has 3 rings (SSSR count). The smallest absolute Gasteiger partial charge is 0.239 e. The van der Waals surface area contributed by atoms with Crippen LogP contribution in [-0.4, -0.2) is 18.6 Å². The third-order valence-electron chi connectivity index (χ3n) is 5.00. The Labute approximate surface area is 165 Å². The van der Waals surface area contributed by atoms with Crippen molar-refractivity contribution >= 4 is 5.91 Å². The van der Waals surface area contributed by atoms with Crippen LogP contribution in [-0.2, 0) is 4.79 Å². The lowest BCUT2D eigenvalue weighted by Gasteiger charge is -2.17. The highest BCUT2D eigenvalue weighted by atomic mass is 19.1. The van der Waals surface area contributed by atoms with Crippen LogP contribution in [0.2, 0.25) is 0 Å². The number of hydrazine groups is 1. The summed E-state index contributed by atoms with van der Waals surface area (Å²) in [6, 6.07) is 13.7. The fourth-order valence-corrected chi connectivity index (χ4v) is 3.23. The maximum atomic E-state index is 13.1. The first-order valence-corrected chi connectivity index (χ1v) is 9.86. The van der Waals surface area contributed by atoms with Gasteiger partial charge in [0.1, 0.15) is 17.6 Å². The van der Waals surface area contributed by atoms with Crippen molar-refractivity contribution in [1.82, 2.24) is 16.2 Å². The number of carbonyl (C=O) groups excluding carboxylic acids is 1. The van der Waals surface area contributed by atoms with Crippen LogP contribution in [0.5, 0.6) is 5.75 Å². The summed E-state index contributed by atoms with van der Waals surface area (Å²) >= 11 is 0. The van der Waals surface area contributed by atoms with Crippen LogP contribution in [0, 0.1) is 5.82 Å². The van der Waals surface area contributed by atoms with Gasteiger partial charge >= 0.3 is 0 Å². The molecule has 1 aliphatic heterocycles. The molecule has 1 fully saturated rings. The van der Waals surface area contributed by atoms with E-state index in [1.165, 1.54) is 12.1 Å². The highest BCUT2D eigenvalue weighted by Crippen LogP contribution is 2.25. The number of hydrogen-bond acceptors (Lipinski definition) is 4. The molecule has 1 heterocycles. The first kappa shape index (κ1) is 20.3. The molecule has 0 aromatic heterocycles. The van der Waals surface area contributed by atoms with Crippen LogP contribution in [0.25, 0.3) is 0 Å². The Hall–Kier alpha value is -2.44. The molecule has 0 radical (unpaired) electrons. The lowest BCUT2D eigenvalue weighted by atomic mass is 10.0. The molecular formula is C22H28FN3O2. The Morgan fingerprint density at radius 3 is 2.57 bits per heavy atom. The molecule has 1 aliphatic rings.